The number of carbonyl (C=O) groups excluding carboxylic acids is 1. The zero-order valence-electron chi connectivity index (χ0n) is 14.1. The normalized spacial score (nSPS) is 22.3. The average molecular weight is 334 g/mol. The minimum absolute atomic E-state index is 0.257. The van der Waals surface area contributed by atoms with Crippen molar-refractivity contribution in [3.8, 4) is 0 Å². The van der Waals surface area contributed by atoms with Gasteiger partial charge in [-0.2, -0.15) is 0 Å². The van der Waals surface area contributed by atoms with Crippen LogP contribution in [0.2, 0.25) is 0 Å². The van der Waals surface area contributed by atoms with Gasteiger partial charge < -0.3 is 9.64 Å². The van der Waals surface area contributed by atoms with Crippen molar-refractivity contribution >= 4 is 17.7 Å². The molecule has 2 saturated heterocycles. The number of aromatic nitrogens is 1. The third kappa shape index (κ3) is 4.07. The third-order valence-electron chi connectivity index (χ3n) is 4.64. The van der Waals surface area contributed by atoms with Crippen LogP contribution >= 0.6 is 11.8 Å². The predicted molar refractivity (Wildman–Crippen MR) is 93.5 cm³/mol. The Labute approximate surface area is 143 Å². The first-order valence-electron chi connectivity index (χ1n) is 8.56. The van der Waals surface area contributed by atoms with Gasteiger partial charge in [-0.3, -0.25) is 9.78 Å². The fourth-order valence-corrected chi connectivity index (χ4v) is 4.88. The van der Waals surface area contributed by atoms with Crippen molar-refractivity contribution in [3.05, 3.63) is 29.6 Å². The van der Waals surface area contributed by atoms with E-state index in [-0.39, 0.29) is 10.9 Å². The average Bonchev–Trinajstić information content (AvgIpc) is 2.94. The van der Waals surface area contributed by atoms with E-state index in [4.69, 9.17) is 4.74 Å². The van der Waals surface area contributed by atoms with Crippen molar-refractivity contribution in [1.29, 1.82) is 0 Å². The number of carbonyl (C=O) groups is 1. The van der Waals surface area contributed by atoms with Crippen LogP contribution in [0.5, 0.6) is 0 Å². The maximum atomic E-state index is 12.0. The maximum Gasteiger partial charge on any atom is 0.222 e. The minimum Gasteiger partial charge on any atom is -0.371 e. The first kappa shape index (κ1) is 16.8. The molecule has 1 spiro atoms. The molecule has 0 N–H and O–H groups in total. The van der Waals surface area contributed by atoms with E-state index < -0.39 is 0 Å². The molecule has 0 bridgehead atoms. The molecule has 2 aliphatic heterocycles. The molecule has 126 valence electrons. The predicted octanol–water partition coefficient (Wildman–Crippen LogP) is 3.18. The number of rotatable bonds is 6. The molecule has 1 aromatic rings. The van der Waals surface area contributed by atoms with Gasteiger partial charge in [0.25, 0.3) is 0 Å². The number of hydrogen-bond acceptors (Lipinski definition) is 4. The lowest BCUT2D eigenvalue weighted by molar-refractivity contribution is -0.136. The summed E-state index contributed by atoms with van der Waals surface area (Å²) >= 11 is 1.98. The van der Waals surface area contributed by atoms with Crippen LogP contribution in [0.15, 0.2) is 18.2 Å². The zero-order chi connectivity index (χ0) is 16.3. The SMILES string of the molecule is CCCCC(=O)N1CC2(CC(OCc3cccc(C)n3)CS2)C1. The highest BCUT2D eigenvalue weighted by atomic mass is 32.2. The summed E-state index contributed by atoms with van der Waals surface area (Å²) in [6.45, 7) is 6.53. The molecule has 0 radical (unpaired) electrons. The largest absolute Gasteiger partial charge is 0.371 e. The number of nitrogens with zero attached hydrogens (tertiary/aromatic N) is 2. The summed E-state index contributed by atoms with van der Waals surface area (Å²) in [6, 6.07) is 6.04. The summed E-state index contributed by atoms with van der Waals surface area (Å²) in [5.41, 5.74) is 2.03. The highest BCUT2D eigenvalue weighted by molar-refractivity contribution is 8.01. The van der Waals surface area contributed by atoms with E-state index in [1.807, 2.05) is 41.8 Å². The van der Waals surface area contributed by atoms with Crippen LogP contribution in [0.25, 0.3) is 0 Å². The van der Waals surface area contributed by atoms with Crippen LogP contribution < -0.4 is 0 Å². The van der Waals surface area contributed by atoms with Gasteiger partial charge in [-0.15, -0.1) is 11.8 Å². The van der Waals surface area contributed by atoms with Gasteiger partial charge in [-0.25, -0.2) is 0 Å². The van der Waals surface area contributed by atoms with Gasteiger partial charge in [0, 0.05) is 31.0 Å². The molecule has 2 fully saturated rings. The standard InChI is InChI=1S/C18H26N2O2S/c1-3-4-8-17(21)20-12-18(13-20)9-16(11-23-18)22-10-15-7-5-6-14(2)19-15/h5-7,16H,3-4,8-13H2,1-2H3. The summed E-state index contributed by atoms with van der Waals surface area (Å²) in [6.07, 6.45) is 4.14. The molecule has 0 aromatic carbocycles. The van der Waals surface area contributed by atoms with Crippen molar-refractivity contribution in [2.24, 2.45) is 0 Å². The number of ether oxygens (including phenoxy) is 1. The van der Waals surface area contributed by atoms with Crippen LogP contribution in [-0.2, 0) is 16.1 Å². The van der Waals surface area contributed by atoms with Gasteiger partial charge in [0.1, 0.15) is 0 Å². The molecule has 1 amide bonds. The molecule has 2 aliphatic rings. The molecule has 3 heterocycles. The van der Waals surface area contributed by atoms with E-state index in [0.29, 0.717) is 18.9 Å². The number of pyridine rings is 1. The Morgan fingerprint density at radius 1 is 1.48 bits per heavy atom. The Morgan fingerprint density at radius 3 is 3.04 bits per heavy atom. The lowest BCUT2D eigenvalue weighted by Crippen LogP contribution is -2.60. The van der Waals surface area contributed by atoms with E-state index >= 15 is 0 Å². The Morgan fingerprint density at radius 2 is 2.30 bits per heavy atom. The number of thioether (sulfide) groups is 1. The quantitative estimate of drug-likeness (QED) is 0.801. The first-order chi connectivity index (χ1) is 11.1. The van der Waals surface area contributed by atoms with E-state index in [1.165, 1.54) is 0 Å². The molecule has 0 saturated carbocycles. The lowest BCUT2D eigenvalue weighted by atomic mass is 9.92. The van der Waals surface area contributed by atoms with Gasteiger partial charge in [0.15, 0.2) is 0 Å². The lowest BCUT2D eigenvalue weighted by Gasteiger charge is -2.47. The minimum atomic E-state index is 0.257. The Balaban J connectivity index is 1.42. The topological polar surface area (TPSA) is 42.4 Å². The second-order valence-electron chi connectivity index (χ2n) is 6.75. The summed E-state index contributed by atoms with van der Waals surface area (Å²) in [7, 11) is 0. The van der Waals surface area contributed by atoms with Crippen LogP contribution in [0.1, 0.15) is 44.0 Å². The molecule has 3 rings (SSSR count). The monoisotopic (exact) mass is 334 g/mol. The first-order valence-corrected chi connectivity index (χ1v) is 9.55. The Bertz CT molecular complexity index is 558. The van der Waals surface area contributed by atoms with Crippen LogP contribution in [0, 0.1) is 6.92 Å². The van der Waals surface area contributed by atoms with Crippen molar-refractivity contribution in [3.63, 3.8) is 0 Å². The molecular formula is C18H26N2O2S. The van der Waals surface area contributed by atoms with Crippen molar-refractivity contribution < 1.29 is 9.53 Å². The van der Waals surface area contributed by atoms with E-state index in [9.17, 15) is 4.79 Å². The van der Waals surface area contributed by atoms with Gasteiger partial charge in [0.2, 0.25) is 5.91 Å². The number of amides is 1. The van der Waals surface area contributed by atoms with E-state index in [1.54, 1.807) is 0 Å². The fraction of sp³-hybridized carbons (Fsp3) is 0.667. The van der Waals surface area contributed by atoms with E-state index in [2.05, 4.69) is 11.9 Å². The fourth-order valence-electron chi connectivity index (χ4n) is 3.32. The van der Waals surface area contributed by atoms with Crippen LogP contribution in [-0.4, -0.2) is 45.5 Å². The van der Waals surface area contributed by atoms with E-state index in [0.717, 1.165) is 49.5 Å². The molecule has 4 nitrogen and oxygen atoms in total. The number of hydrogen-bond donors (Lipinski definition) is 0. The summed E-state index contributed by atoms with van der Waals surface area (Å²) in [5, 5.41) is 0. The number of likely N-dealkylation sites (tertiary alicyclic amines) is 1. The Kier molecular flexibility index (Phi) is 5.27. The van der Waals surface area contributed by atoms with Crippen LogP contribution in [0.3, 0.4) is 0 Å². The van der Waals surface area contributed by atoms with Gasteiger partial charge in [0.05, 0.1) is 23.2 Å². The molecular weight excluding hydrogens is 308 g/mol. The highest BCUT2D eigenvalue weighted by Crippen LogP contribution is 2.46. The molecule has 0 aliphatic carbocycles. The summed E-state index contributed by atoms with van der Waals surface area (Å²) < 4.78 is 6.31. The Hall–Kier alpha value is -1.07. The second kappa shape index (κ2) is 7.22. The van der Waals surface area contributed by atoms with Crippen LogP contribution in [0.4, 0.5) is 0 Å². The maximum absolute atomic E-state index is 12.0. The number of aryl methyl sites for hydroxylation is 1. The molecule has 1 aromatic heterocycles. The summed E-state index contributed by atoms with van der Waals surface area (Å²) in [4.78, 5) is 18.5. The number of unbranched alkanes of at least 4 members (excludes halogenated alkanes) is 1. The smallest absolute Gasteiger partial charge is 0.222 e. The second-order valence-corrected chi connectivity index (χ2v) is 8.24. The molecule has 5 heteroatoms. The summed E-state index contributed by atoms with van der Waals surface area (Å²) in [5.74, 6) is 1.36. The van der Waals surface area contributed by atoms with Gasteiger partial charge in [-0.1, -0.05) is 19.4 Å². The van der Waals surface area contributed by atoms with Crippen molar-refractivity contribution in [2.45, 2.75) is 57.0 Å². The highest BCUT2D eigenvalue weighted by Gasteiger charge is 2.50. The van der Waals surface area contributed by atoms with Gasteiger partial charge in [-0.05, 0) is 31.9 Å². The molecule has 1 unspecified atom stereocenters. The van der Waals surface area contributed by atoms with Crippen molar-refractivity contribution in [1.82, 2.24) is 9.88 Å². The molecule has 23 heavy (non-hydrogen) atoms. The van der Waals surface area contributed by atoms with Gasteiger partial charge >= 0.3 is 0 Å². The third-order valence-corrected chi connectivity index (χ3v) is 6.22. The van der Waals surface area contributed by atoms with Crippen molar-refractivity contribution in [2.75, 3.05) is 18.8 Å². The zero-order valence-corrected chi connectivity index (χ0v) is 14.9. The molecule has 1 atom stereocenters.